The van der Waals surface area contributed by atoms with Gasteiger partial charge in [-0.15, -0.1) is 11.3 Å². The highest BCUT2D eigenvalue weighted by molar-refractivity contribution is 7.91. The van der Waals surface area contributed by atoms with Crippen LogP contribution in [0.4, 0.5) is 0 Å². The van der Waals surface area contributed by atoms with Crippen LogP contribution in [-0.2, 0) is 14.8 Å². The van der Waals surface area contributed by atoms with Gasteiger partial charge in [0, 0.05) is 13.6 Å². The molecule has 0 N–H and O–H groups in total. The van der Waals surface area contributed by atoms with Crippen molar-refractivity contribution in [1.82, 2.24) is 4.31 Å². The van der Waals surface area contributed by atoms with Crippen molar-refractivity contribution in [3.8, 4) is 0 Å². The normalized spacial score (nSPS) is 14.1. The summed E-state index contributed by atoms with van der Waals surface area (Å²) in [5.74, 6) is 0. The summed E-state index contributed by atoms with van der Waals surface area (Å²) < 4.78 is 26.4. The molecule has 112 valence electrons. The molecule has 0 fully saturated rings. The van der Waals surface area contributed by atoms with E-state index in [1.54, 1.807) is 11.4 Å². The van der Waals surface area contributed by atoms with E-state index < -0.39 is 16.1 Å². The zero-order valence-electron chi connectivity index (χ0n) is 12.4. The minimum atomic E-state index is -3.53. The van der Waals surface area contributed by atoms with Crippen LogP contribution in [0.15, 0.2) is 20.6 Å². The summed E-state index contributed by atoms with van der Waals surface area (Å²) >= 11 is 1.20. The lowest BCUT2D eigenvalue weighted by molar-refractivity contribution is 0.281. The molecule has 0 amide bonds. The summed E-state index contributed by atoms with van der Waals surface area (Å²) in [6.07, 6.45) is 1.53. The molecule has 1 heterocycles. The van der Waals surface area contributed by atoms with Gasteiger partial charge in [0.2, 0.25) is 6.08 Å². The van der Waals surface area contributed by atoms with E-state index in [4.69, 9.17) is 0 Å². The summed E-state index contributed by atoms with van der Waals surface area (Å²) in [5.41, 5.74) is 0.604. The van der Waals surface area contributed by atoms with Gasteiger partial charge in [0.25, 0.3) is 10.0 Å². The number of nitrogens with zero attached hydrogens (tertiary/aromatic N) is 2. The fourth-order valence-electron chi connectivity index (χ4n) is 1.61. The second-order valence-electron chi connectivity index (χ2n) is 5.83. The third-order valence-electron chi connectivity index (χ3n) is 3.01. The molecule has 1 aromatic rings. The van der Waals surface area contributed by atoms with E-state index in [1.807, 2.05) is 27.7 Å². The molecule has 0 bridgehead atoms. The van der Waals surface area contributed by atoms with E-state index in [-0.39, 0.29) is 12.0 Å². The minimum Gasteiger partial charge on any atom is -0.211 e. The molecular formula is C13H20N2O3S2. The molecule has 5 nitrogen and oxygen atoms in total. The molecule has 0 saturated carbocycles. The molecule has 0 aliphatic rings. The Balaban J connectivity index is 3.00. The first-order chi connectivity index (χ1) is 9.09. The van der Waals surface area contributed by atoms with Crippen LogP contribution in [0.5, 0.6) is 0 Å². The molecule has 1 aromatic heterocycles. The van der Waals surface area contributed by atoms with Gasteiger partial charge in [-0.25, -0.2) is 18.2 Å². The third kappa shape index (κ3) is 3.99. The number of aryl methyl sites for hydroxylation is 1. The molecule has 0 radical (unpaired) electrons. The summed E-state index contributed by atoms with van der Waals surface area (Å²) in [6, 6.07) is 1.21. The van der Waals surface area contributed by atoms with Crippen molar-refractivity contribution in [1.29, 1.82) is 0 Å². The highest BCUT2D eigenvalue weighted by Crippen LogP contribution is 2.27. The molecule has 0 spiro atoms. The van der Waals surface area contributed by atoms with E-state index in [0.717, 1.165) is 5.56 Å². The predicted molar refractivity (Wildman–Crippen MR) is 80.2 cm³/mol. The van der Waals surface area contributed by atoms with Crippen molar-refractivity contribution in [3.63, 3.8) is 0 Å². The Kier molecular flexibility index (Phi) is 5.27. The summed E-state index contributed by atoms with van der Waals surface area (Å²) in [5, 5.41) is 1.80. The largest absolute Gasteiger partial charge is 0.252 e. The molecule has 1 rings (SSSR count). The van der Waals surface area contributed by atoms with E-state index in [9.17, 15) is 13.2 Å². The van der Waals surface area contributed by atoms with Crippen LogP contribution in [-0.4, -0.2) is 38.4 Å². The van der Waals surface area contributed by atoms with Gasteiger partial charge in [-0.1, -0.05) is 20.8 Å². The maximum absolute atomic E-state index is 12.4. The maximum atomic E-state index is 12.4. The first kappa shape index (κ1) is 17.0. The molecule has 0 unspecified atom stereocenters. The molecule has 0 aliphatic heterocycles. The van der Waals surface area contributed by atoms with Crippen molar-refractivity contribution in [2.45, 2.75) is 37.9 Å². The number of aliphatic imine (C=N–C) groups is 1. The molecule has 0 aromatic carbocycles. The summed E-state index contributed by atoms with van der Waals surface area (Å²) in [4.78, 5) is 14.2. The van der Waals surface area contributed by atoms with Crippen molar-refractivity contribution in [2.75, 3.05) is 13.6 Å². The maximum Gasteiger partial charge on any atom is 0.252 e. The monoisotopic (exact) mass is 316 g/mol. The van der Waals surface area contributed by atoms with Crippen LogP contribution in [0.2, 0.25) is 0 Å². The van der Waals surface area contributed by atoms with E-state index >= 15 is 0 Å². The lowest BCUT2D eigenvalue weighted by Crippen LogP contribution is -2.39. The van der Waals surface area contributed by atoms with Crippen molar-refractivity contribution in [3.05, 3.63) is 17.0 Å². The van der Waals surface area contributed by atoms with Crippen LogP contribution in [0.1, 0.15) is 26.3 Å². The molecule has 0 aliphatic carbocycles. The Morgan fingerprint density at radius 1 is 1.45 bits per heavy atom. The van der Waals surface area contributed by atoms with Crippen molar-refractivity contribution >= 4 is 27.4 Å². The molecular weight excluding hydrogens is 296 g/mol. The number of isocyanates is 1. The number of carbonyl (C=O) groups excluding carboxylic acids is 1. The van der Waals surface area contributed by atoms with Crippen LogP contribution < -0.4 is 0 Å². The zero-order valence-corrected chi connectivity index (χ0v) is 14.0. The molecule has 0 saturated heterocycles. The minimum absolute atomic E-state index is 0.151. The van der Waals surface area contributed by atoms with E-state index in [0.29, 0.717) is 4.21 Å². The van der Waals surface area contributed by atoms with E-state index in [2.05, 4.69) is 4.99 Å². The molecule has 1 atom stereocenters. The van der Waals surface area contributed by atoms with Crippen LogP contribution in [0.25, 0.3) is 0 Å². The average molecular weight is 316 g/mol. The predicted octanol–water partition coefficient (Wildman–Crippen LogP) is 2.43. The lowest BCUT2D eigenvalue weighted by Gasteiger charge is -2.29. The molecule has 20 heavy (non-hydrogen) atoms. The van der Waals surface area contributed by atoms with Crippen LogP contribution in [0.3, 0.4) is 0 Å². The number of thiophene rings is 1. The number of likely N-dealkylation sites (N-methyl/N-ethyl adjacent to an activating group) is 1. The second kappa shape index (κ2) is 6.18. The van der Waals surface area contributed by atoms with Gasteiger partial charge in [-0.2, -0.15) is 4.31 Å². The number of hydrogen-bond donors (Lipinski definition) is 0. The molecule has 7 heteroatoms. The highest BCUT2D eigenvalue weighted by Gasteiger charge is 2.30. The van der Waals surface area contributed by atoms with E-state index in [1.165, 1.54) is 28.8 Å². The van der Waals surface area contributed by atoms with Crippen molar-refractivity contribution < 1.29 is 13.2 Å². The Bertz CT molecular complexity index is 608. The fourth-order valence-corrected chi connectivity index (χ4v) is 4.22. The van der Waals surface area contributed by atoms with Crippen LogP contribution >= 0.6 is 11.3 Å². The standard InChI is InChI=1S/C13H20N2O3S2/c1-10-6-12(19-8-10)20(17,18)15(5)7-11(14-9-16)13(2,3)4/h6,8,11H,7H2,1-5H3/t11-/m1/s1. The quantitative estimate of drug-likeness (QED) is 0.619. The number of hydrogen-bond acceptors (Lipinski definition) is 5. The Hall–Kier alpha value is -1.01. The first-order valence-electron chi connectivity index (χ1n) is 6.17. The number of sulfonamides is 1. The highest BCUT2D eigenvalue weighted by atomic mass is 32.2. The van der Waals surface area contributed by atoms with Crippen molar-refractivity contribution in [2.24, 2.45) is 10.4 Å². The van der Waals surface area contributed by atoms with Gasteiger partial charge in [0.1, 0.15) is 4.21 Å². The summed E-state index contributed by atoms with van der Waals surface area (Å²) in [7, 11) is -2.03. The first-order valence-corrected chi connectivity index (χ1v) is 8.49. The SMILES string of the molecule is Cc1csc(S(=O)(=O)N(C)C[C@@H](N=C=O)C(C)(C)C)c1. The Morgan fingerprint density at radius 3 is 2.45 bits per heavy atom. The van der Waals surface area contributed by atoms with Gasteiger partial charge < -0.3 is 0 Å². The Labute approximate surface area is 124 Å². The van der Waals surface area contributed by atoms with Gasteiger partial charge in [0.15, 0.2) is 0 Å². The topological polar surface area (TPSA) is 66.8 Å². The second-order valence-corrected chi connectivity index (χ2v) is 9.01. The van der Waals surface area contributed by atoms with Gasteiger partial charge in [-0.05, 0) is 29.3 Å². The zero-order chi connectivity index (χ0) is 15.6. The smallest absolute Gasteiger partial charge is 0.211 e. The lowest BCUT2D eigenvalue weighted by atomic mass is 9.87. The van der Waals surface area contributed by atoms with Gasteiger partial charge in [0.05, 0.1) is 6.04 Å². The average Bonchev–Trinajstić information content (AvgIpc) is 2.74. The van der Waals surface area contributed by atoms with Gasteiger partial charge in [-0.3, -0.25) is 0 Å². The Morgan fingerprint density at radius 2 is 2.05 bits per heavy atom. The van der Waals surface area contributed by atoms with Crippen LogP contribution in [0, 0.1) is 12.3 Å². The summed E-state index contributed by atoms with van der Waals surface area (Å²) in [6.45, 7) is 7.74. The third-order valence-corrected chi connectivity index (χ3v) is 6.37. The fraction of sp³-hybridized carbons (Fsp3) is 0.615. The van der Waals surface area contributed by atoms with Gasteiger partial charge >= 0.3 is 0 Å². The number of rotatable bonds is 5.